The SMILES string of the molecule is Cc1cccc(CCN2C[C@@H]3CN(S(C)(=O)=O)C[C@]3(C(=O)O)C2)n1. The molecule has 1 N–H and O–H groups in total. The number of aromatic nitrogens is 1. The monoisotopic (exact) mass is 353 g/mol. The molecule has 0 bridgehead atoms. The van der Waals surface area contributed by atoms with Gasteiger partial charge in [-0.3, -0.25) is 9.78 Å². The molecule has 2 aliphatic rings. The molecule has 3 rings (SSSR count). The number of carbonyl (C=O) groups is 1. The third-order valence-corrected chi connectivity index (χ3v) is 6.39. The van der Waals surface area contributed by atoms with Crippen LogP contribution in [0.15, 0.2) is 18.2 Å². The van der Waals surface area contributed by atoms with Crippen molar-refractivity contribution in [3.8, 4) is 0 Å². The Kier molecular flexibility index (Phi) is 4.39. The average Bonchev–Trinajstić information content (AvgIpc) is 2.99. The Morgan fingerprint density at radius 2 is 2.12 bits per heavy atom. The van der Waals surface area contributed by atoms with Crippen molar-refractivity contribution in [2.45, 2.75) is 13.3 Å². The zero-order valence-electron chi connectivity index (χ0n) is 14.0. The molecule has 0 aromatic carbocycles. The number of aryl methyl sites for hydroxylation is 1. The van der Waals surface area contributed by atoms with E-state index in [1.807, 2.05) is 25.1 Å². The van der Waals surface area contributed by atoms with Crippen LogP contribution in [0, 0.1) is 18.3 Å². The maximum atomic E-state index is 11.9. The molecular formula is C16H23N3O4S. The van der Waals surface area contributed by atoms with Gasteiger partial charge in [-0.2, -0.15) is 0 Å². The van der Waals surface area contributed by atoms with Crippen LogP contribution in [0.5, 0.6) is 0 Å². The number of carboxylic acids is 1. The Hall–Kier alpha value is -1.51. The molecule has 24 heavy (non-hydrogen) atoms. The summed E-state index contributed by atoms with van der Waals surface area (Å²) in [5.74, 6) is -1.05. The first-order valence-corrected chi connectivity index (χ1v) is 9.89. The molecule has 3 heterocycles. The molecule has 2 fully saturated rings. The predicted octanol–water partition coefficient (Wildman–Crippen LogP) is 0.211. The van der Waals surface area contributed by atoms with E-state index >= 15 is 0 Å². The smallest absolute Gasteiger partial charge is 0.312 e. The second kappa shape index (κ2) is 6.09. The highest BCUT2D eigenvalue weighted by Gasteiger charge is 2.58. The molecule has 132 valence electrons. The first-order valence-electron chi connectivity index (χ1n) is 8.04. The zero-order chi connectivity index (χ0) is 17.5. The molecule has 0 saturated carbocycles. The number of sulfonamides is 1. The molecule has 0 aliphatic carbocycles. The van der Waals surface area contributed by atoms with Gasteiger partial charge >= 0.3 is 5.97 Å². The molecule has 2 atom stereocenters. The van der Waals surface area contributed by atoms with E-state index in [4.69, 9.17) is 0 Å². The van der Waals surface area contributed by atoms with Crippen LogP contribution in [0.1, 0.15) is 11.4 Å². The van der Waals surface area contributed by atoms with Gasteiger partial charge in [-0.05, 0) is 19.1 Å². The molecule has 0 amide bonds. The summed E-state index contributed by atoms with van der Waals surface area (Å²) in [5, 5.41) is 9.74. The molecule has 1 aromatic rings. The van der Waals surface area contributed by atoms with Crippen molar-refractivity contribution in [1.29, 1.82) is 0 Å². The first kappa shape index (κ1) is 17.3. The summed E-state index contributed by atoms with van der Waals surface area (Å²) in [4.78, 5) is 18.5. The summed E-state index contributed by atoms with van der Waals surface area (Å²) in [6.07, 6.45) is 1.91. The predicted molar refractivity (Wildman–Crippen MR) is 89.1 cm³/mol. The highest BCUT2D eigenvalue weighted by molar-refractivity contribution is 7.88. The van der Waals surface area contributed by atoms with Crippen molar-refractivity contribution in [3.05, 3.63) is 29.6 Å². The summed E-state index contributed by atoms with van der Waals surface area (Å²) in [6.45, 7) is 4.06. The number of nitrogens with zero attached hydrogens (tertiary/aromatic N) is 3. The lowest BCUT2D eigenvalue weighted by Gasteiger charge is -2.24. The minimum absolute atomic E-state index is 0.0744. The van der Waals surface area contributed by atoms with E-state index in [-0.39, 0.29) is 12.5 Å². The lowest BCUT2D eigenvalue weighted by atomic mass is 9.81. The lowest BCUT2D eigenvalue weighted by molar-refractivity contribution is -0.148. The molecule has 0 unspecified atom stereocenters. The van der Waals surface area contributed by atoms with Crippen LogP contribution < -0.4 is 0 Å². The van der Waals surface area contributed by atoms with Crippen molar-refractivity contribution in [1.82, 2.24) is 14.2 Å². The van der Waals surface area contributed by atoms with E-state index in [0.717, 1.165) is 30.6 Å². The van der Waals surface area contributed by atoms with Gasteiger partial charge in [0.25, 0.3) is 0 Å². The number of pyridine rings is 1. The van der Waals surface area contributed by atoms with Crippen molar-refractivity contribution in [3.63, 3.8) is 0 Å². The summed E-state index contributed by atoms with van der Waals surface area (Å²) in [5.41, 5.74) is 0.981. The number of carboxylic acid groups (broad SMARTS) is 1. The average molecular weight is 353 g/mol. The third kappa shape index (κ3) is 3.18. The van der Waals surface area contributed by atoms with Gasteiger partial charge in [0.15, 0.2) is 0 Å². The van der Waals surface area contributed by atoms with E-state index in [1.54, 1.807) is 0 Å². The van der Waals surface area contributed by atoms with E-state index in [1.165, 1.54) is 4.31 Å². The van der Waals surface area contributed by atoms with Crippen LogP contribution in [0.4, 0.5) is 0 Å². The van der Waals surface area contributed by atoms with Crippen LogP contribution in [0.25, 0.3) is 0 Å². The van der Waals surface area contributed by atoms with Gasteiger partial charge in [-0.15, -0.1) is 0 Å². The highest BCUT2D eigenvalue weighted by atomic mass is 32.2. The fourth-order valence-corrected chi connectivity index (χ4v) is 4.78. The van der Waals surface area contributed by atoms with E-state index < -0.39 is 21.4 Å². The van der Waals surface area contributed by atoms with Crippen LogP contribution in [-0.2, 0) is 21.2 Å². The van der Waals surface area contributed by atoms with Crippen molar-refractivity contribution < 1.29 is 18.3 Å². The van der Waals surface area contributed by atoms with Gasteiger partial charge in [0, 0.05) is 56.5 Å². The van der Waals surface area contributed by atoms with Gasteiger partial charge in [-0.1, -0.05) is 6.07 Å². The quantitative estimate of drug-likeness (QED) is 0.814. The normalized spacial score (nSPS) is 28.2. The Balaban J connectivity index is 1.68. The molecule has 2 aliphatic heterocycles. The summed E-state index contributed by atoms with van der Waals surface area (Å²) in [7, 11) is -3.35. The van der Waals surface area contributed by atoms with Crippen LogP contribution >= 0.6 is 0 Å². The molecule has 2 saturated heterocycles. The van der Waals surface area contributed by atoms with Crippen molar-refractivity contribution >= 4 is 16.0 Å². The Morgan fingerprint density at radius 1 is 1.38 bits per heavy atom. The largest absolute Gasteiger partial charge is 0.481 e. The summed E-state index contributed by atoms with van der Waals surface area (Å²) >= 11 is 0. The standard InChI is InChI=1S/C16H23N3O4S/c1-12-4-3-5-14(17-12)6-7-18-8-13-9-19(24(2,22)23)11-16(13,10-18)15(20)21/h3-5,13H,6-11H2,1-2H3,(H,20,21)/t13-,16-/m1/s1. The number of aliphatic carboxylic acids is 1. The molecule has 0 spiro atoms. The number of rotatable bonds is 5. The van der Waals surface area contributed by atoms with Crippen LogP contribution in [0.2, 0.25) is 0 Å². The second-order valence-corrected chi connectivity index (χ2v) is 8.95. The topological polar surface area (TPSA) is 90.8 Å². The Morgan fingerprint density at radius 3 is 2.71 bits per heavy atom. The molecular weight excluding hydrogens is 330 g/mol. The minimum atomic E-state index is -3.35. The maximum absolute atomic E-state index is 11.9. The van der Waals surface area contributed by atoms with Crippen LogP contribution in [0.3, 0.4) is 0 Å². The second-order valence-electron chi connectivity index (χ2n) is 6.97. The Bertz CT molecular complexity index is 751. The fourth-order valence-electron chi connectivity index (χ4n) is 3.86. The van der Waals surface area contributed by atoms with Crippen molar-refractivity contribution in [2.75, 3.05) is 39.0 Å². The summed E-state index contributed by atoms with van der Waals surface area (Å²) in [6, 6.07) is 5.89. The van der Waals surface area contributed by atoms with E-state index in [0.29, 0.717) is 19.6 Å². The van der Waals surface area contributed by atoms with E-state index in [9.17, 15) is 18.3 Å². The first-order chi connectivity index (χ1) is 11.2. The third-order valence-electron chi connectivity index (χ3n) is 5.17. The molecule has 0 radical (unpaired) electrons. The van der Waals surface area contributed by atoms with Crippen molar-refractivity contribution in [2.24, 2.45) is 11.3 Å². The Labute approximate surface area is 142 Å². The summed E-state index contributed by atoms with van der Waals surface area (Å²) < 4.78 is 24.8. The fraction of sp³-hybridized carbons (Fsp3) is 0.625. The van der Waals surface area contributed by atoms with Gasteiger partial charge in [0.05, 0.1) is 11.7 Å². The molecule has 7 nitrogen and oxygen atoms in total. The van der Waals surface area contributed by atoms with E-state index in [2.05, 4.69) is 9.88 Å². The molecule has 8 heteroatoms. The minimum Gasteiger partial charge on any atom is -0.481 e. The maximum Gasteiger partial charge on any atom is 0.312 e. The number of hydrogen-bond acceptors (Lipinski definition) is 5. The number of fused-ring (bicyclic) bond motifs is 1. The number of likely N-dealkylation sites (tertiary alicyclic amines) is 1. The van der Waals surface area contributed by atoms with Gasteiger partial charge in [-0.25, -0.2) is 12.7 Å². The highest BCUT2D eigenvalue weighted by Crippen LogP contribution is 2.43. The van der Waals surface area contributed by atoms with Crippen LogP contribution in [-0.4, -0.2) is 72.7 Å². The number of hydrogen-bond donors (Lipinski definition) is 1. The van der Waals surface area contributed by atoms with Gasteiger partial charge in [0.2, 0.25) is 10.0 Å². The lowest BCUT2D eigenvalue weighted by Crippen LogP contribution is -2.42. The van der Waals surface area contributed by atoms with Gasteiger partial charge in [0.1, 0.15) is 0 Å². The van der Waals surface area contributed by atoms with Gasteiger partial charge < -0.3 is 10.0 Å². The zero-order valence-corrected chi connectivity index (χ0v) is 14.8. The molecule has 1 aromatic heterocycles.